The summed E-state index contributed by atoms with van der Waals surface area (Å²) in [6, 6.07) is 0. The molecule has 0 aliphatic heterocycles. The molecule has 0 aliphatic carbocycles. The van der Waals surface area contributed by atoms with Gasteiger partial charge in [-0.15, -0.1) is 0 Å². The molecule has 74 valence electrons. The smallest absolute Gasteiger partial charge is 0.173 e. The molecule has 2 rings (SSSR count). The van der Waals surface area contributed by atoms with Crippen LogP contribution in [0.4, 0.5) is 0 Å². The summed E-state index contributed by atoms with van der Waals surface area (Å²) >= 11 is 3.40. The lowest BCUT2D eigenvalue weighted by Crippen LogP contribution is -1.99. The Morgan fingerprint density at radius 2 is 2.36 bits per heavy atom. The van der Waals surface area contributed by atoms with Crippen LogP contribution in [0.25, 0.3) is 5.65 Å². The van der Waals surface area contributed by atoms with Gasteiger partial charge in [0.25, 0.3) is 0 Å². The molecule has 14 heavy (non-hydrogen) atoms. The molecule has 2 aromatic rings. The Labute approximate surface area is 90.5 Å². The van der Waals surface area contributed by atoms with Crippen molar-refractivity contribution in [2.45, 2.75) is 26.2 Å². The standard InChI is InChI=1S/C9H11BrN4/c1-2-3-4-8-11-6-14-9(13-8)7(10)5-12-14/h5-6H,2-4H2,1H3. The molecule has 0 radical (unpaired) electrons. The van der Waals surface area contributed by atoms with E-state index in [0.717, 1.165) is 35.2 Å². The van der Waals surface area contributed by atoms with E-state index in [-0.39, 0.29) is 0 Å². The molecule has 0 spiro atoms. The minimum Gasteiger partial charge on any atom is -0.221 e. The first-order valence-electron chi connectivity index (χ1n) is 4.66. The molecule has 2 heterocycles. The van der Waals surface area contributed by atoms with Crippen LogP contribution in [0.2, 0.25) is 0 Å². The minimum atomic E-state index is 0.839. The second-order valence-corrected chi connectivity index (χ2v) is 3.99. The molecular formula is C9H11BrN4. The van der Waals surface area contributed by atoms with Gasteiger partial charge in [-0.2, -0.15) is 5.10 Å². The van der Waals surface area contributed by atoms with Crippen molar-refractivity contribution < 1.29 is 0 Å². The van der Waals surface area contributed by atoms with Gasteiger partial charge in [0.2, 0.25) is 0 Å². The van der Waals surface area contributed by atoms with Crippen molar-refractivity contribution in [3.8, 4) is 0 Å². The molecule has 0 N–H and O–H groups in total. The van der Waals surface area contributed by atoms with Gasteiger partial charge in [0, 0.05) is 6.42 Å². The average molecular weight is 255 g/mol. The highest BCUT2D eigenvalue weighted by atomic mass is 79.9. The summed E-state index contributed by atoms with van der Waals surface area (Å²) in [6.45, 7) is 2.16. The Morgan fingerprint density at radius 1 is 1.50 bits per heavy atom. The second kappa shape index (κ2) is 4.04. The third-order valence-electron chi connectivity index (χ3n) is 2.03. The third-order valence-corrected chi connectivity index (χ3v) is 2.59. The van der Waals surface area contributed by atoms with E-state index in [1.807, 2.05) is 0 Å². The molecule has 5 heteroatoms. The van der Waals surface area contributed by atoms with Gasteiger partial charge in [0.05, 0.1) is 10.7 Å². The lowest BCUT2D eigenvalue weighted by atomic mass is 10.2. The Balaban J connectivity index is 2.34. The number of aromatic nitrogens is 4. The molecule has 0 atom stereocenters. The van der Waals surface area contributed by atoms with Gasteiger partial charge in [-0.1, -0.05) is 13.3 Å². The van der Waals surface area contributed by atoms with Crippen molar-refractivity contribution in [1.29, 1.82) is 0 Å². The summed E-state index contributed by atoms with van der Waals surface area (Å²) in [5.74, 6) is 0.889. The predicted molar refractivity (Wildman–Crippen MR) is 57.1 cm³/mol. The first-order valence-corrected chi connectivity index (χ1v) is 5.45. The Kier molecular flexibility index (Phi) is 2.77. The summed E-state index contributed by atoms with van der Waals surface area (Å²) in [6.07, 6.45) is 6.66. The first kappa shape index (κ1) is 9.58. The number of nitrogens with zero attached hydrogens (tertiary/aromatic N) is 4. The van der Waals surface area contributed by atoms with E-state index in [9.17, 15) is 0 Å². The van der Waals surface area contributed by atoms with E-state index in [4.69, 9.17) is 0 Å². The van der Waals surface area contributed by atoms with Crippen molar-refractivity contribution in [2.75, 3.05) is 0 Å². The highest BCUT2D eigenvalue weighted by molar-refractivity contribution is 9.10. The van der Waals surface area contributed by atoms with Crippen molar-refractivity contribution in [1.82, 2.24) is 19.6 Å². The van der Waals surface area contributed by atoms with Crippen LogP contribution in [-0.2, 0) is 6.42 Å². The molecule has 0 fully saturated rings. The Hall–Kier alpha value is -0.970. The van der Waals surface area contributed by atoms with Crippen molar-refractivity contribution in [3.05, 3.63) is 22.8 Å². The second-order valence-electron chi connectivity index (χ2n) is 3.14. The largest absolute Gasteiger partial charge is 0.221 e. The third kappa shape index (κ3) is 1.77. The molecular weight excluding hydrogens is 244 g/mol. The fraction of sp³-hybridized carbons (Fsp3) is 0.444. The van der Waals surface area contributed by atoms with E-state index >= 15 is 0 Å². The zero-order valence-corrected chi connectivity index (χ0v) is 9.53. The fourth-order valence-corrected chi connectivity index (χ4v) is 1.61. The lowest BCUT2D eigenvalue weighted by molar-refractivity contribution is 0.738. The zero-order valence-electron chi connectivity index (χ0n) is 7.94. The van der Waals surface area contributed by atoms with Gasteiger partial charge in [-0.05, 0) is 22.4 Å². The molecule has 0 bridgehead atoms. The molecule has 0 amide bonds. The summed E-state index contributed by atoms with van der Waals surface area (Å²) in [7, 11) is 0. The first-order chi connectivity index (χ1) is 6.81. The van der Waals surface area contributed by atoms with Crippen molar-refractivity contribution in [3.63, 3.8) is 0 Å². The van der Waals surface area contributed by atoms with Crippen LogP contribution >= 0.6 is 15.9 Å². The van der Waals surface area contributed by atoms with Crippen LogP contribution in [0.3, 0.4) is 0 Å². The quantitative estimate of drug-likeness (QED) is 0.844. The van der Waals surface area contributed by atoms with E-state index in [1.165, 1.54) is 0 Å². The molecule has 4 nitrogen and oxygen atoms in total. The molecule has 2 aromatic heterocycles. The maximum Gasteiger partial charge on any atom is 0.173 e. The summed E-state index contributed by atoms with van der Waals surface area (Å²) in [4.78, 5) is 8.64. The lowest BCUT2D eigenvalue weighted by Gasteiger charge is -1.98. The summed E-state index contributed by atoms with van der Waals surface area (Å²) < 4.78 is 2.58. The molecule has 0 unspecified atom stereocenters. The van der Waals surface area contributed by atoms with Crippen molar-refractivity contribution in [2.24, 2.45) is 0 Å². The van der Waals surface area contributed by atoms with Gasteiger partial charge in [-0.3, -0.25) is 0 Å². The maximum atomic E-state index is 4.41. The fourth-order valence-electron chi connectivity index (χ4n) is 1.25. The minimum absolute atomic E-state index is 0.839. The number of unbranched alkanes of at least 4 members (excludes halogenated alkanes) is 1. The van der Waals surface area contributed by atoms with E-state index in [0.29, 0.717) is 0 Å². The summed E-state index contributed by atoms with van der Waals surface area (Å²) in [5.41, 5.74) is 0.839. The van der Waals surface area contributed by atoms with Crippen LogP contribution in [0.15, 0.2) is 17.0 Å². The SMILES string of the molecule is CCCCc1ncn2ncc(Br)c2n1. The van der Waals surface area contributed by atoms with E-state index < -0.39 is 0 Å². The van der Waals surface area contributed by atoms with E-state index in [1.54, 1.807) is 17.0 Å². The Bertz CT molecular complexity index is 437. The van der Waals surface area contributed by atoms with Crippen LogP contribution in [-0.4, -0.2) is 19.6 Å². The number of rotatable bonds is 3. The number of aryl methyl sites for hydroxylation is 1. The normalized spacial score (nSPS) is 11.0. The molecule has 0 aromatic carbocycles. The molecule has 0 aliphatic rings. The van der Waals surface area contributed by atoms with Crippen LogP contribution in [0.1, 0.15) is 25.6 Å². The van der Waals surface area contributed by atoms with Crippen molar-refractivity contribution >= 4 is 21.6 Å². The number of hydrogen-bond donors (Lipinski definition) is 0. The van der Waals surface area contributed by atoms with Gasteiger partial charge in [0.15, 0.2) is 5.65 Å². The van der Waals surface area contributed by atoms with Crippen LogP contribution in [0, 0.1) is 0 Å². The monoisotopic (exact) mass is 254 g/mol. The van der Waals surface area contributed by atoms with Gasteiger partial charge in [-0.25, -0.2) is 14.5 Å². The Morgan fingerprint density at radius 3 is 3.14 bits per heavy atom. The van der Waals surface area contributed by atoms with Crippen LogP contribution < -0.4 is 0 Å². The van der Waals surface area contributed by atoms with Crippen LogP contribution in [0.5, 0.6) is 0 Å². The topological polar surface area (TPSA) is 43.1 Å². The van der Waals surface area contributed by atoms with E-state index in [2.05, 4.69) is 37.9 Å². The summed E-state index contributed by atoms with van der Waals surface area (Å²) in [5, 5.41) is 4.08. The van der Waals surface area contributed by atoms with Gasteiger partial charge in [0.1, 0.15) is 12.2 Å². The predicted octanol–water partition coefficient (Wildman–Crippen LogP) is 2.23. The van der Waals surface area contributed by atoms with Gasteiger partial charge >= 0.3 is 0 Å². The average Bonchev–Trinajstić information content (AvgIpc) is 2.57. The number of fused-ring (bicyclic) bond motifs is 1. The van der Waals surface area contributed by atoms with Gasteiger partial charge < -0.3 is 0 Å². The highest BCUT2D eigenvalue weighted by Gasteiger charge is 2.04. The number of halogens is 1. The highest BCUT2D eigenvalue weighted by Crippen LogP contribution is 2.14. The molecule has 0 saturated heterocycles. The number of hydrogen-bond acceptors (Lipinski definition) is 3. The maximum absolute atomic E-state index is 4.41. The molecule has 0 saturated carbocycles. The zero-order chi connectivity index (χ0) is 9.97.